The van der Waals surface area contributed by atoms with Crippen LogP contribution in [0.2, 0.25) is 0 Å². The van der Waals surface area contributed by atoms with Crippen LogP contribution >= 0.6 is 0 Å². The third kappa shape index (κ3) is 4.74. The van der Waals surface area contributed by atoms with Crippen molar-refractivity contribution in [3.63, 3.8) is 0 Å². The summed E-state index contributed by atoms with van der Waals surface area (Å²) < 4.78 is 5.39. The molecule has 4 rings (SSSR count). The number of rotatable bonds is 5. The van der Waals surface area contributed by atoms with Crippen LogP contribution < -0.4 is 10.6 Å². The number of Topliss-reactive ketones (excluding diaryl/α,β-unsaturated/α-hetero) is 1. The number of carbonyl (C=O) groups is 3. The number of anilines is 1. The first-order valence-corrected chi connectivity index (χ1v) is 10.5. The van der Waals surface area contributed by atoms with Crippen LogP contribution in [0.5, 0.6) is 0 Å². The van der Waals surface area contributed by atoms with Gasteiger partial charge in [-0.15, -0.1) is 0 Å². The minimum Gasteiger partial charge on any atom is -0.378 e. The van der Waals surface area contributed by atoms with Gasteiger partial charge < -0.3 is 20.3 Å². The van der Waals surface area contributed by atoms with Crippen LogP contribution in [0, 0.1) is 5.92 Å². The molecule has 0 unspecified atom stereocenters. The van der Waals surface area contributed by atoms with Crippen molar-refractivity contribution in [1.29, 1.82) is 0 Å². The number of pyridine rings is 1. The molecule has 0 aliphatic carbocycles. The molecular formula is C23H26N4O4. The Bertz CT molecular complexity index is 945. The van der Waals surface area contributed by atoms with E-state index in [0.717, 1.165) is 32.0 Å². The van der Waals surface area contributed by atoms with Crippen molar-refractivity contribution in [2.24, 2.45) is 11.7 Å². The highest BCUT2D eigenvalue weighted by Crippen LogP contribution is 2.25. The number of aromatic nitrogens is 1. The van der Waals surface area contributed by atoms with E-state index in [1.807, 2.05) is 24.3 Å². The van der Waals surface area contributed by atoms with Gasteiger partial charge in [0.05, 0.1) is 18.8 Å². The highest BCUT2D eigenvalue weighted by molar-refractivity contribution is 5.99. The molecule has 2 aromatic rings. The molecule has 0 bridgehead atoms. The number of primary amides is 1. The monoisotopic (exact) mass is 422 g/mol. The molecule has 2 aliphatic heterocycles. The van der Waals surface area contributed by atoms with E-state index in [1.54, 1.807) is 11.0 Å². The van der Waals surface area contributed by atoms with E-state index in [0.29, 0.717) is 37.1 Å². The van der Waals surface area contributed by atoms with Gasteiger partial charge in [0, 0.05) is 49.5 Å². The number of ether oxygens (including phenoxy) is 1. The second-order valence-corrected chi connectivity index (χ2v) is 7.87. The van der Waals surface area contributed by atoms with Crippen LogP contribution in [0.1, 0.15) is 44.0 Å². The molecule has 2 saturated heterocycles. The lowest BCUT2D eigenvalue weighted by atomic mass is 9.88. The Balaban J connectivity index is 1.33. The lowest BCUT2D eigenvalue weighted by Gasteiger charge is -2.31. The van der Waals surface area contributed by atoms with Gasteiger partial charge >= 0.3 is 0 Å². The molecule has 2 aliphatic rings. The zero-order valence-electron chi connectivity index (χ0n) is 17.3. The Labute approximate surface area is 181 Å². The third-order valence-electron chi connectivity index (χ3n) is 5.94. The number of carbonyl (C=O) groups excluding carboxylic acids is 3. The summed E-state index contributed by atoms with van der Waals surface area (Å²) in [6.07, 6.45) is 2.63. The van der Waals surface area contributed by atoms with Gasteiger partial charge in [-0.3, -0.25) is 19.4 Å². The summed E-state index contributed by atoms with van der Waals surface area (Å²) in [5, 5.41) is 0. The van der Waals surface area contributed by atoms with Crippen molar-refractivity contribution in [2.75, 3.05) is 44.3 Å². The lowest BCUT2D eigenvalue weighted by molar-refractivity contribution is 0.0650. The summed E-state index contributed by atoms with van der Waals surface area (Å²) in [5.41, 5.74) is 7.54. The maximum absolute atomic E-state index is 12.9. The minimum absolute atomic E-state index is 0.0892. The van der Waals surface area contributed by atoms with Gasteiger partial charge in [0.2, 0.25) is 0 Å². The number of hydrogen-bond donors (Lipinski definition) is 1. The van der Waals surface area contributed by atoms with Crippen molar-refractivity contribution < 1.29 is 19.1 Å². The quantitative estimate of drug-likeness (QED) is 0.736. The number of benzene rings is 1. The standard InChI is InChI=1S/C23H26N4O4/c24-22(29)20-6-3-18(15-25-20)23(30)27-9-7-17(8-10-27)21(28)16-1-4-19(5-2-16)26-11-13-31-14-12-26/h1-6,15,17H,7-14H2,(H2,24,29). The maximum Gasteiger partial charge on any atom is 0.267 e. The number of piperidine rings is 1. The van der Waals surface area contributed by atoms with Gasteiger partial charge in [-0.25, -0.2) is 0 Å². The molecule has 2 fully saturated rings. The first kappa shape index (κ1) is 21.0. The second kappa shape index (κ2) is 9.26. The zero-order chi connectivity index (χ0) is 21.8. The largest absolute Gasteiger partial charge is 0.378 e. The molecule has 3 heterocycles. The van der Waals surface area contributed by atoms with Gasteiger partial charge in [0.15, 0.2) is 5.78 Å². The van der Waals surface area contributed by atoms with Crippen LogP contribution in [0.15, 0.2) is 42.6 Å². The third-order valence-corrected chi connectivity index (χ3v) is 5.94. The van der Waals surface area contributed by atoms with E-state index in [4.69, 9.17) is 10.5 Å². The fourth-order valence-electron chi connectivity index (χ4n) is 4.09. The molecule has 31 heavy (non-hydrogen) atoms. The normalized spacial score (nSPS) is 17.4. The minimum atomic E-state index is -0.628. The molecule has 0 spiro atoms. The van der Waals surface area contributed by atoms with Crippen molar-refractivity contribution >= 4 is 23.3 Å². The van der Waals surface area contributed by atoms with Crippen molar-refractivity contribution in [3.8, 4) is 0 Å². The van der Waals surface area contributed by atoms with E-state index < -0.39 is 5.91 Å². The topological polar surface area (TPSA) is 106 Å². The lowest BCUT2D eigenvalue weighted by Crippen LogP contribution is -2.40. The molecular weight excluding hydrogens is 396 g/mol. The SMILES string of the molecule is NC(=O)c1ccc(C(=O)N2CCC(C(=O)c3ccc(N4CCOCC4)cc3)CC2)cn1. The highest BCUT2D eigenvalue weighted by atomic mass is 16.5. The van der Waals surface area contributed by atoms with E-state index in [9.17, 15) is 14.4 Å². The first-order chi connectivity index (χ1) is 15.0. The molecule has 0 saturated carbocycles. The van der Waals surface area contributed by atoms with Crippen LogP contribution in [-0.2, 0) is 4.74 Å². The summed E-state index contributed by atoms with van der Waals surface area (Å²) in [6, 6.07) is 10.8. The molecule has 162 valence electrons. The molecule has 2 amide bonds. The van der Waals surface area contributed by atoms with Crippen molar-refractivity contribution in [1.82, 2.24) is 9.88 Å². The van der Waals surface area contributed by atoms with E-state index in [1.165, 1.54) is 12.3 Å². The average Bonchev–Trinajstić information content (AvgIpc) is 2.84. The van der Waals surface area contributed by atoms with Gasteiger partial charge in [-0.1, -0.05) is 0 Å². The summed E-state index contributed by atoms with van der Waals surface area (Å²) in [7, 11) is 0. The number of hydrogen-bond acceptors (Lipinski definition) is 6. The van der Waals surface area contributed by atoms with Crippen LogP contribution in [0.25, 0.3) is 0 Å². The smallest absolute Gasteiger partial charge is 0.267 e. The second-order valence-electron chi connectivity index (χ2n) is 7.87. The van der Waals surface area contributed by atoms with Crippen LogP contribution in [0.3, 0.4) is 0 Å². The van der Waals surface area contributed by atoms with Gasteiger partial charge in [0.1, 0.15) is 5.69 Å². The number of amides is 2. The van der Waals surface area contributed by atoms with Crippen LogP contribution in [0.4, 0.5) is 5.69 Å². The molecule has 2 N–H and O–H groups in total. The molecule has 1 aromatic carbocycles. The molecule has 0 atom stereocenters. The predicted molar refractivity (Wildman–Crippen MR) is 115 cm³/mol. The van der Waals surface area contributed by atoms with Crippen molar-refractivity contribution in [2.45, 2.75) is 12.8 Å². The molecule has 0 radical (unpaired) electrons. The van der Waals surface area contributed by atoms with E-state index in [-0.39, 0.29) is 23.3 Å². The number of nitrogens with two attached hydrogens (primary N) is 1. The Kier molecular flexibility index (Phi) is 6.27. The number of ketones is 1. The fourth-order valence-corrected chi connectivity index (χ4v) is 4.09. The Morgan fingerprint density at radius 3 is 2.13 bits per heavy atom. The fraction of sp³-hybridized carbons (Fsp3) is 0.391. The highest BCUT2D eigenvalue weighted by Gasteiger charge is 2.28. The predicted octanol–water partition coefficient (Wildman–Crippen LogP) is 1.75. The van der Waals surface area contributed by atoms with Gasteiger partial charge in [-0.05, 0) is 49.2 Å². The zero-order valence-corrected chi connectivity index (χ0v) is 17.3. The Hall–Kier alpha value is -3.26. The van der Waals surface area contributed by atoms with Gasteiger partial charge in [-0.2, -0.15) is 0 Å². The summed E-state index contributed by atoms with van der Waals surface area (Å²) in [4.78, 5) is 44.7. The number of likely N-dealkylation sites (tertiary alicyclic amines) is 1. The maximum atomic E-state index is 12.9. The Morgan fingerprint density at radius 1 is 0.903 bits per heavy atom. The van der Waals surface area contributed by atoms with Crippen molar-refractivity contribution in [3.05, 3.63) is 59.4 Å². The summed E-state index contributed by atoms with van der Waals surface area (Å²) >= 11 is 0. The number of nitrogens with zero attached hydrogens (tertiary/aromatic N) is 3. The summed E-state index contributed by atoms with van der Waals surface area (Å²) in [5.74, 6) is -0.734. The van der Waals surface area contributed by atoms with Crippen LogP contribution in [-0.4, -0.2) is 66.9 Å². The van der Waals surface area contributed by atoms with E-state index >= 15 is 0 Å². The molecule has 8 heteroatoms. The number of morpholine rings is 1. The summed E-state index contributed by atoms with van der Waals surface area (Å²) in [6.45, 7) is 4.20. The Morgan fingerprint density at radius 2 is 1.55 bits per heavy atom. The molecule has 1 aromatic heterocycles. The molecule has 8 nitrogen and oxygen atoms in total. The first-order valence-electron chi connectivity index (χ1n) is 10.5. The van der Waals surface area contributed by atoms with Gasteiger partial charge in [0.25, 0.3) is 11.8 Å². The average molecular weight is 422 g/mol. The van der Waals surface area contributed by atoms with E-state index in [2.05, 4.69) is 9.88 Å².